The molecule has 3 aliphatic rings. The fraction of sp³-hybridized carbons (Fsp3) is 0.667. The molecule has 4 rings (SSSR count). The zero-order valence-electron chi connectivity index (χ0n) is 14.0. The largest absolute Gasteiger partial charge is 0.373 e. The van der Waals surface area contributed by atoms with Gasteiger partial charge in [0.2, 0.25) is 5.91 Å². The fourth-order valence-electron chi connectivity index (χ4n) is 4.03. The second-order valence-corrected chi connectivity index (χ2v) is 7.94. The van der Waals surface area contributed by atoms with Gasteiger partial charge < -0.3 is 14.4 Å². The maximum atomic E-state index is 12.9. The molecule has 2 aliphatic heterocycles. The molecule has 5 nitrogen and oxygen atoms in total. The third-order valence-corrected chi connectivity index (χ3v) is 6.05. The van der Waals surface area contributed by atoms with E-state index in [1.807, 2.05) is 17.2 Å². The van der Waals surface area contributed by atoms with Gasteiger partial charge in [-0.05, 0) is 32.6 Å². The topological polar surface area (TPSA) is 51.7 Å². The number of ether oxygens (including phenoxy) is 2. The number of carbonyl (C=O) groups excluding carboxylic acids is 1. The summed E-state index contributed by atoms with van der Waals surface area (Å²) in [6.07, 6.45) is 7.98. The molecular formula is C18H24N2O3S. The van der Waals surface area contributed by atoms with E-state index in [0.717, 1.165) is 43.0 Å². The van der Waals surface area contributed by atoms with E-state index in [1.54, 1.807) is 11.3 Å². The van der Waals surface area contributed by atoms with Gasteiger partial charge in [0.05, 0.1) is 23.4 Å². The Kier molecular flexibility index (Phi) is 4.70. The number of hydrogen-bond donors (Lipinski definition) is 0. The SMILES string of the molecule is Cc1nc(CO[C@@H]2CN(C(=O)C3CC=CC3)[C@H]3CCCO[C@@H]23)cs1. The summed E-state index contributed by atoms with van der Waals surface area (Å²) in [5, 5.41) is 3.09. The summed E-state index contributed by atoms with van der Waals surface area (Å²) < 4.78 is 12.1. The Balaban J connectivity index is 1.43. The average Bonchev–Trinajstić information content (AvgIpc) is 3.32. The third-order valence-electron chi connectivity index (χ3n) is 5.23. The van der Waals surface area contributed by atoms with Crippen LogP contribution < -0.4 is 0 Å². The summed E-state index contributed by atoms with van der Waals surface area (Å²) in [4.78, 5) is 19.4. The molecule has 1 aromatic heterocycles. The highest BCUT2D eigenvalue weighted by atomic mass is 32.1. The van der Waals surface area contributed by atoms with Gasteiger partial charge in [-0.25, -0.2) is 4.98 Å². The van der Waals surface area contributed by atoms with Gasteiger partial charge in [-0.3, -0.25) is 4.79 Å². The molecule has 6 heteroatoms. The number of hydrogen-bond acceptors (Lipinski definition) is 5. The number of fused-ring (bicyclic) bond motifs is 1. The Morgan fingerprint density at radius 3 is 3.04 bits per heavy atom. The molecule has 2 saturated heterocycles. The van der Waals surface area contributed by atoms with E-state index in [4.69, 9.17) is 9.47 Å². The van der Waals surface area contributed by atoms with Crippen LogP contribution in [0.3, 0.4) is 0 Å². The van der Waals surface area contributed by atoms with Crippen LogP contribution >= 0.6 is 11.3 Å². The molecule has 0 aromatic carbocycles. The molecule has 2 fully saturated rings. The zero-order chi connectivity index (χ0) is 16.5. The van der Waals surface area contributed by atoms with Crippen molar-refractivity contribution in [3.8, 4) is 0 Å². The number of carbonyl (C=O) groups is 1. The van der Waals surface area contributed by atoms with Crippen LogP contribution in [-0.2, 0) is 20.9 Å². The first-order valence-corrected chi connectivity index (χ1v) is 9.70. The van der Waals surface area contributed by atoms with Crippen LogP contribution in [-0.4, -0.2) is 47.2 Å². The monoisotopic (exact) mass is 348 g/mol. The summed E-state index contributed by atoms with van der Waals surface area (Å²) >= 11 is 1.64. The summed E-state index contributed by atoms with van der Waals surface area (Å²) in [6.45, 7) is 3.91. The molecule has 24 heavy (non-hydrogen) atoms. The van der Waals surface area contributed by atoms with Gasteiger partial charge in [0, 0.05) is 24.4 Å². The van der Waals surface area contributed by atoms with Crippen molar-refractivity contribution in [3.63, 3.8) is 0 Å². The molecule has 1 aromatic rings. The highest BCUT2D eigenvalue weighted by molar-refractivity contribution is 7.09. The molecule has 1 amide bonds. The highest BCUT2D eigenvalue weighted by Crippen LogP contribution is 2.34. The van der Waals surface area contributed by atoms with Gasteiger partial charge in [0.1, 0.15) is 12.2 Å². The minimum Gasteiger partial charge on any atom is -0.373 e. The van der Waals surface area contributed by atoms with E-state index in [-0.39, 0.29) is 30.1 Å². The number of amides is 1. The van der Waals surface area contributed by atoms with Crippen molar-refractivity contribution in [2.45, 2.75) is 57.5 Å². The van der Waals surface area contributed by atoms with Crippen molar-refractivity contribution >= 4 is 17.2 Å². The Hall–Kier alpha value is -1.24. The lowest BCUT2D eigenvalue weighted by Gasteiger charge is -2.33. The summed E-state index contributed by atoms with van der Waals surface area (Å²) in [6, 6.07) is 0.175. The fourth-order valence-corrected chi connectivity index (χ4v) is 4.63. The quantitative estimate of drug-likeness (QED) is 0.785. The first kappa shape index (κ1) is 16.2. The minimum absolute atomic E-state index is 0.0109. The van der Waals surface area contributed by atoms with E-state index in [0.29, 0.717) is 13.2 Å². The number of aryl methyl sites for hydroxylation is 1. The van der Waals surface area contributed by atoms with Gasteiger partial charge >= 0.3 is 0 Å². The molecule has 3 heterocycles. The van der Waals surface area contributed by atoms with Crippen LogP contribution in [0.5, 0.6) is 0 Å². The maximum absolute atomic E-state index is 12.9. The zero-order valence-corrected chi connectivity index (χ0v) is 14.8. The van der Waals surface area contributed by atoms with Gasteiger partial charge in [-0.2, -0.15) is 0 Å². The van der Waals surface area contributed by atoms with E-state index in [2.05, 4.69) is 17.1 Å². The molecule has 0 bridgehead atoms. The molecule has 0 N–H and O–H groups in total. The first-order valence-electron chi connectivity index (χ1n) is 8.82. The van der Waals surface area contributed by atoms with Crippen LogP contribution in [0.2, 0.25) is 0 Å². The number of allylic oxidation sites excluding steroid dienone is 2. The van der Waals surface area contributed by atoms with Crippen LogP contribution in [0.4, 0.5) is 0 Å². The smallest absolute Gasteiger partial charge is 0.226 e. The lowest BCUT2D eigenvalue weighted by atomic mass is 10.0. The van der Waals surface area contributed by atoms with Gasteiger partial charge in [0.15, 0.2) is 0 Å². The summed E-state index contributed by atoms with van der Waals surface area (Å²) in [7, 11) is 0. The average molecular weight is 348 g/mol. The van der Waals surface area contributed by atoms with Crippen molar-refractivity contribution in [1.82, 2.24) is 9.88 Å². The standard InChI is InChI=1S/C18H24N2O3S/c1-12-19-14(11-24-12)10-23-16-9-20(15-7-4-8-22-17(15)16)18(21)13-5-2-3-6-13/h2-3,11,13,15-17H,4-10H2,1H3/t15-,16+,17+/m0/s1. The Morgan fingerprint density at radius 1 is 1.46 bits per heavy atom. The van der Waals surface area contributed by atoms with Crippen LogP contribution in [0.25, 0.3) is 0 Å². The third kappa shape index (κ3) is 3.15. The van der Waals surface area contributed by atoms with Crippen molar-refractivity contribution < 1.29 is 14.3 Å². The predicted octanol–water partition coefficient (Wildman–Crippen LogP) is 2.69. The minimum atomic E-state index is -0.0457. The van der Waals surface area contributed by atoms with Crippen LogP contribution in [0, 0.1) is 12.8 Å². The second-order valence-electron chi connectivity index (χ2n) is 6.88. The second kappa shape index (κ2) is 6.94. The molecule has 130 valence electrons. The lowest BCUT2D eigenvalue weighted by Crippen LogP contribution is -2.45. The molecule has 0 spiro atoms. The molecular weight excluding hydrogens is 324 g/mol. The molecule has 1 aliphatic carbocycles. The van der Waals surface area contributed by atoms with Crippen LogP contribution in [0.15, 0.2) is 17.5 Å². The van der Waals surface area contributed by atoms with E-state index < -0.39 is 0 Å². The Labute approximate surface area is 146 Å². The van der Waals surface area contributed by atoms with Crippen molar-refractivity contribution in [2.24, 2.45) is 5.92 Å². The number of nitrogens with zero attached hydrogens (tertiary/aromatic N) is 2. The molecule has 3 atom stereocenters. The number of thiazole rings is 1. The number of aromatic nitrogens is 1. The predicted molar refractivity (Wildman–Crippen MR) is 91.8 cm³/mol. The summed E-state index contributed by atoms with van der Waals surface area (Å²) in [5.74, 6) is 0.392. The number of likely N-dealkylation sites (tertiary alicyclic amines) is 1. The molecule has 0 radical (unpaired) electrons. The van der Waals surface area contributed by atoms with Gasteiger partial charge in [-0.15, -0.1) is 11.3 Å². The lowest BCUT2D eigenvalue weighted by molar-refractivity contribution is -0.138. The van der Waals surface area contributed by atoms with E-state index >= 15 is 0 Å². The van der Waals surface area contributed by atoms with E-state index in [1.165, 1.54) is 0 Å². The first-order chi connectivity index (χ1) is 11.7. The summed E-state index contributed by atoms with van der Waals surface area (Å²) in [5.41, 5.74) is 0.967. The highest BCUT2D eigenvalue weighted by Gasteiger charge is 2.47. The Bertz CT molecular complexity index is 622. The molecule has 0 unspecified atom stereocenters. The number of rotatable bonds is 4. The van der Waals surface area contributed by atoms with Crippen LogP contribution in [0.1, 0.15) is 36.4 Å². The van der Waals surface area contributed by atoms with E-state index in [9.17, 15) is 4.79 Å². The van der Waals surface area contributed by atoms with Gasteiger partial charge in [0.25, 0.3) is 0 Å². The maximum Gasteiger partial charge on any atom is 0.226 e. The van der Waals surface area contributed by atoms with Crippen molar-refractivity contribution in [2.75, 3.05) is 13.2 Å². The van der Waals surface area contributed by atoms with Crippen molar-refractivity contribution in [1.29, 1.82) is 0 Å². The normalized spacial score (nSPS) is 30.0. The van der Waals surface area contributed by atoms with Crippen molar-refractivity contribution in [3.05, 3.63) is 28.2 Å². The Morgan fingerprint density at radius 2 is 2.29 bits per heavy atom. The van der Waals surface area contributed by atoms with Gasteiger partial charge in [-0.1, -0.05) is 12.2 Å². The molecule has 0 saturated carbocycles.